The van der Waals surface area contributed by atoms with E-state index in [1.807, 2.05) is 19.1 Å². The lowest BCUT2D eigenvalue weighted by molar-refractivity contribution is 0.189. The van der Waals surface area contributed by atoms with Crippen LogP contribution in [-0.2, 0) is 6.54 Å². The van der Waals surface area contributed by atoms with Gasteiger partial charge in [-0.25, -0.2) is 9.78 Å². The molecule has 0 saturated heterocycles. The van der Waals surface area contributed by atoms with Crippen molar-refractivity contribution in [3.05, 3.63) is 46.9 Å². The number of urea groups is 1. The van der Waals surface area contributed by atoms with Crippen molar-refractivity contribution >= 4 is 27.5 Å². The number of nitrogens with zero attached hydrogens (tertiary/aromatic N) is 2. The third-order valence-electron chi connectivity index (χ3n) is 3.56. The Balaban J connectivity index is 1.55. The predicted octanol–water partition coefficient (Wildman–Crippen LogP) is 2.63. The number of rotatable bonds is 5. The van der Waals surface area contributed by atoms with Crippen LogP contribution in [0.25, 0.3) is 10.1 Å². The summed E-state index contributed by atoms with van der Waals surface area (Å²) in [6.07, 6.45) is -0.739. The number of carbonyl (C=O) groups is 1. The van der Waals surface area contributed by atoms with E-state index in [1.54, 1.807) is 18.3 Å². The number of aromatic amines is 1. The lowest BCUT2D eigenvalue weighted by Gasteiger charge is -2.12. The van der Waals surface area contributed by atoms with Gasteiger partial charge in [-0.2, -0.15) is 5.10 Å². The van der Waals surface area contributed by atoms with Gasteiger partial charge in [-0.15, -0.1) is 11.3 Å². The summed E-state index contributed by atoms with van der Waals surface area (Å²) in [7, 11) is 0. The standard InChI is InChI=1S/C16H19N5O2S/c1-9(13-7-11-5-3-4-6-12(11)24-13)18-16(23)17-8-14-19-15(10(2)22)21-20-14/h3-7,9-10,22H,8H2,1-2H3,(H2,17,18,23)(H,19,20,21)/t9?,10-/m0/s1. The largest absolute Gasteiger partial charge is 0.385 e. The van der Waals surface area contributed by atoms with E-state index in [2.05, 4.69) is 44.0 Å². The van der Waals surface area contributed by atoms with E-state index in [1.165, 1.54) is 10.1 Å². The van der Waals surface area contributed by atoms with Gasteiger partial charge in [0.15, 0.2) is 5.82 Å². The second-order valence-electron chi connectivity index (χ2n) is 5.55. The highest BCUT2D eigenvalue weighted by molar-refractivity contribution is 7.19. The van der Waals surface area contributed by atoms with Gasteiger partial charge in [0.1, 0.15) is 11.9 Å². The molecule has 2 amide bonds. The maximum Gasteiger partial charge on any atom is 0.315 e. The van der Waals surface area contributed by atoms with E-state index in [0.717, 1.165) is 4.88 Å². The molecule has 1 unspecified atom stereocenters. The first-order valence-electron chi connectivity index (χ1n) is 7.65. The number of aliphatic hydroxyl groups excluding tert-OH is 1. The fourth-order valence-corrected chi connectivity index (χ4v) is 3.34. The Morgan fingerprint density at radius 1 is 1.38 bits per heavy atom. The number of amides is 2. The highest BCUT2D eigenvalue weighted by Crippen LogP contribution is 2.29. The summed E-state index contributed by atoms with van der Waals surface area (Å²) in [5.74, 6) is 0.807. The van der Waals surface area contributed by atoms with E-state index < -0.39 is 6.10 Å². The Kier molecular flexibility index (Phi) is 4.77. The highest BCUT2D eigenvalue weighted by atomic mass is 32.1. The van der Waals surface area contributed by atoms with Crippen molar-refractivity contribution in [2.45, 2.75) is 32.5 Å². The summed E-state index contributed by atoms with van der Waals surface area (Å²) in [4.78, 5) is 17.2. The van der Waals surface area contributed by atoms with Gasteiger partial charge in [-0.05, 0) is 31.4 Å². The molecule has 0 bridgehead atoms. The molecule has 0 saturated carbocycles. The minimum atomic E-state index is -0.739. The molecule has 8 heteroatoms. The van der Waals surface area contributed by atoms with Crippen LogP contribution in [0.4, 0.5) is 4.79 Å². The molecule has 2 aromatic heterocycles. The fraction of sp³-hybridized carbons (Fsp3) is 0.312. The summed E-state index contributed by atoms with van der Waals surface area (Å²) in [6.45, 7) is 3.74. The number of hydrogen-bond donors (Lipinski definition) is 4. The van der Waals surface area contributed by atoms with Crippen LogP contribution in [0.1, 0.15) is 42.5 Å². The van der Waals surface area contributed by atoms with E-state index in [9.17, 15) is 9.90 Å². The molecule has 3 rings (SSSR count). The average Bonchev–Trinajstić information content (AvgIpc) is 3.19. The van der Waals surface area contributed by atoms with Gasteiger partial charge in [0.2, 0.25) is 0 Å². The van der Waals surface area contributed by atoms with Crippen molar-refractivity contribution in [2.24, 2.45) is 0 Å². The molecular formula is C16H19N5O2S. The summed E-state index contributed by atoms with van der Waals surface area (Å²) >= 11 is 1.67. The Morgan fingerprint density at radius 3 is 2.88 bits per heavy atom. The average molecular weight is 345 g/mol. The number of thiophene rings is 1. The van der Waals surface area contributed by atoms with Crippen molar-refractivity contribution in [3.8, 4) is 0 Å². The smallest absolute Gasteiger partial charge is 0.315 e. The van der Waals surface area contributed by atoms with E-state index in [0.29, 0.717) is 11.6 Å². The Morgan fingerprint density at radius 2 is 2.17 bits per heavy atom. The molecule has 0 aliphatic rings. The molecule has 4 N–H and O–H groups in total. The zero-order valence-electron chi connectivity index (χ0n) is 13.4. The quantitative estimate of drug-likeness (QED) is 0.571. The number of H-pyrrole nitrogens is 1. The second kappa shape index (κ2) is 6.98. The number of hydrogen-bond acceptors (Lipinski definition) is 5. The first-order chi connectivity index (χ1) is 11.5. The van der Waals surface area contributed by atoms with Crippen LogP contribution in [0.2, 0.25) is 0 Å². The van der Waals surface area contributed by atoms with Crippen molar-refractivity contribution in [2.75, 3.05) is 0 Å². The van der Waals surface area contributed by atoms with Crippen LogP contribution in [0.5, 0.6) is 0 Å². The first kappa shape index (κ1) is 16.4. The SMILES string of the molecule is CC(NC(=O)NCc1nc([C@H](C)O)n[nH]1)c1cc2ccccc2s1. The van der Waals surface area contributed by atoms with Crippen molar-refractivity contribution in [1.82, 2.24) is 25.8 Å². The molecule has 0 aliphatic carbocycles. The molecule has 1 aromatic carbocycles. The third-order valence-corrected chi connectivity index (χ3v) is 4.86. The van der Waals surface area contributed by atoms with Crippen molar-refractivity contribution < 1.29 is 9.90 Å². The number of fused-ring (bicyclic) bond motifs is 1. The maximum absolute atomic E-state index is 12.0. The van der Waals surface area contributed by atoms with E-state index >= 15 is 0 Å². The van der Waals surface area contributed by atoms with Crippen molar-refractivity contribution in [1.29, 1.82) is 0 Å². The molecule has 7 nitrogen and oxygen atoms in total. The van der Waals surface area contributed by atoms with Gasteiger partial charge in [0.25, 0.3) is 0 Å². The van der Waals surface area contributed by atoms with Gasteiger partial charge in [-0.3, -0.25) is 5.10 Å². The number of aromatic nitrogens is 3. The lowest BCUT2D eigenvalue weighted by Crippen LogP contribution is -2.36. The highest BCUT2D eigenvalue weighted by Gasteiger charge is 2.13. The molecule has 2 atom stereocenters. The number of nitrogens with one attached hydrogen (secondary N) is 3. The minimum Gasteiger partial charge on any atom is -0.385 e. The van der Waals surface area contributed by atoms with Gasteiger partial charge >= 0.3 is 6.03 Å². The zero-order valence-corrected chi connectivity index (χ0v) is 14.2. The first-order valence-corrected chi connectivity index (χ1v) is 8.46. The van der Waals surface area contributed by atoms with Gasteiger partial charge in [0.05, 0.1) is 12.6 Å². The second-order valence-corrected chi connectivity index (χ2v) is 6.67. The fourth-order valence-electron chi connectivity index (χ4n) is 2.27. The summed E-state index contributed by atoms with van der Waals surface area (Å²) in [5, 5.41) is 22.7. The topological polar surface area (TPSA) is 103 Å². The van der Waals surface area contributed by atoms with Crippen LogP contribution < -0.4 is 10.6 Å². The zero-order chi connectivity index (χ0) is 17.1. The van der Waals surface area contributed by atoms with Gasteiger partial charge in [-0.1, -0.05) is 18.2 Å². The van der Waals surface area contributed by atoms with Gasteiger partial charge < -0.3 is 15.7 Å². The molecule has 0 radical (unpaired) electrons. The Hall–Kier alpha value is -2.45. The maximum atomic E-state index is 12.0. The van der Waals surface area contributed by atoms with Crippen LogP contribution in [0.3, 0.4) is 0 Å². The molecular weight excluding hydrogens is 326 g/mol. The monoisotopic (exact) mass is 345 g/mol. The lowest BCUT2D eigenvalue weighted by atomic mass is 10.2. The van der Waals surface area contributed by atoms with Crippen LogP contribution in [-0.4, -0.2) is 26.3 Å². The predicted molar refractivity (Wildman–Crippen MR) is 92.6 cm³/mol. The minimum absolute atomic E-state index is 0.0925. The molecule has 24 heavy (non-hydrogen) atoms. The molecule has 0 spiro atoms. The molecule has 3 aromatic rings. The Labute approximate surface area is 143 Å². The van der Waals surface area contributed by atoms with E-state index in [4.69, 9.17) is 0 Å². The number of benzene rings is 1. The Bertz CT molecular complexity index is 809. The molecule has 0 fully saturated rings. The normalized spacial score (nSPS) is 13.6. The summed E-state index contributed by atoms with van der Waals surface area (Å²) in [5.41, 5.74) is 0. The number of aliphatic hydroxyl groups is 1. The third kappa shape index (κ3) is 3.72. The van der Waals surface area contributed by atoms with Crippen molar-refractivity contribution in [3.63, 3.8) is 0 Å². The van der Waals surface area contributed by atoms with Crippen LogP contribution in [0, 0.1) is 0 Å². The van der Waals surface area contributed by atoms with E-state index in [-0.39, 0.29) is 18.6 Å². The molecule has 0 aliphatic heterocycles. The number of carbonyl (C=O) groups excluding carboxylic acids is 1. The molecule has 2 heterocycles. The summed E-state index contributed by atoms with van der Waals surface area (Å²) < 4.78 is 1.20. The van der Waals surface area contributed by atoms with Crippen LogP contribution >= 0.6 is 11.3 Å². The summed E-state index contributed by atoms with van der Waals surface area (Å²) in [6, 6.07) is 9.86. The van der Waals surface area contributed by atoms with Gasteiger partial charge in [0, 0.05) is 9.58 Å². The molecule has 126 valence electrons. The van der Waals surface area contributed by atoms with Crippen LogP contribution in [0.15, 0.2) is 30.3 Å².